The van der Waals surface area contributed by atoms with Crippen molar-refractivity contribution in [1.82, 2.24) is 4.13 Å². The maximum absolute atomic E-state index is 11.5. The van der Waals surface area contributed by atoms with E-state index in [9.17, 15) is 43.2 Å². The minimum atomic E-state index is -6.60. The van der Waals surface area contributed by atoms with Crippen molar-refractivity contribution >= 4 is 20.0 Å². The second-order valence-electron chi connectivity index (χ2n) is 7.63. The first-order chi connectivity index (χ1) is 14.4. The van der Waals surface area contributed by atoms with Gasteiger partial charge in [0.1, 0.15) is 0 Å². The summed E-state index contributed by atoms with van der Waals surface area (Å²) in [6.07, 6.45) is 11.1. The second kappa shape index (κ2) is 14.6. The van der Waals surface area contributed by atoms with E-state index < -0.39 is 35.2 Å². The third-order valence-corrected chi connectivity index (χ3v) is 7.75. The summed E-state index contributed by atoms with van der Waals surface area (Å²) in [7, 11) is -13.2. The molecule has 0 aromatic rings. The molecule has 0 unspecified atom stereocenters. The molecule has 196 valence electrons. The van der Waals surface area contributed by atoms with Gasteiger partial charge in [0.2, 0.25) is 0 Å². The Morgan fingerprint density at radius 1 is 0.562 bits per heavy atom. The van der Waals surface area contributed by atoms with Gasteiger partial charge in [0.05, 0.1) is 26.2 Å². The van der Waals surface area contributed by atoms with E-state index in [1.165, 1.54) is 82.0 Å². The molecule has 0 radical (unpaired) electrons. The quantitative estimate of drug-likeness (QED) is 0.248. The van der Waals surface area contributed by atoms with Crippen molar-refractivity contribution in [3.63, 3.8) is 0 Å². The zero-order chi connectivity index (χ0) is 25.7. The van der Waals surface area contributed by atoms with Gasteiger partial charge in [-0.2, -0.15) is 26.3 Å². The molecule has 0 atom stereocenters. The van der Waals surface area contributed by atoms with E-state index in [0.717, 1.165) is 0 Å². The van der Waals surface area contributed by atoms with E-state index in [1.807, 2.05) is 0 Å². The Labute approximate surface area is 188 Å². The van der Waals surface area contributed by atoms with Gasteiger partial charge in [0.15, 0.2) is 0 Å². The lowest BCUT2D eigenvalue weighted by Crippen LogP contribution is -2.50. The van der Waals surface area contributed by atoms with Crippen LogP contribution >= 0.6 is 0 Å². The lowest BCUT2D eigenvalue weighted by atomic mass is 10.1. The lowest BCUT2D eigenvalue weighted by Gasteiger charge is -2.39. The SMILES string of the molecule is CCCC[N+](CCCC)(CCCC)CCCC.O=S(=O)(NS(=O)(=O)C(F)(F)F)C(F)(F)F. The molecule has 0 amide bonds. The summed E-state index contributed by atoms with van der Waals surface area (Å²) in [4.78, 5) is 0. The molecule has 0 aliphatic rings. The van der Waals surface area contributed by atoms with Crippen molar-refractivity contribution < 1.29 is 47.7 Å². The predicted molar refractivity (Wildman–Crippen MR) is 112 cm³/mol. The molecule has 0 rings (SSSR count). The standard InChI is InChI=1S/C16H36N.C2HF6NO4S2/c1-5-9-13-17(14-10-6-2,15-11-7-3)16-12-8-4;3-1(4,5)14(10,11)9-15(12,13)2(6,7)8/h5-16H2,1-4H3;9H/q+1;. The maximum atomic E-state index is 11.5. The average Bonchev–Trinajstić information content (AvgIpc) is 2.65. The van der Waals surface area contributed by atoms with E-state index in [1.54, 1.807) is 0 Å². The smallest absolute Gasteiger partial charge is 0.324 e. The zero-order valence-corrected chi connectivity index (χ0v) is 20.8. The molecule has 0 heterocycles. The summed E-state index contributed by atoms with van der Waals surface area (Å²) in [5.41, 5.74) is -12.3. The first-order valence-electron chi connectivity index (χ1n) is 10.7. The Morgan fingerprint density at radius 2 is 0.781 bits per heavy atom. The van der Waals surface area contributed by atoms with Crippen LogP contribution in [-0.4, -0.2) is 58.5 Å². The highest BCUT2D eigenvalue weighted by molar-refractivity contribution is 8.05. The second-order valence-corrected chi connectivity index (χ2v) is 11.2. The molecule has 0 fully saturated rings. The fourth-order valence-electron chi connectivity index (χ4n) is 2.88. The molecule has 0 aliphatic heterocycles. The van der Waals surface area contributed by atoms with E-state index >= 15 is 0 Å². The van der Waals surface area contributed by atoms with Crippen LogP contribution in [0.25, 0.3) is 0 Å². The Kier molecular flexibility index (Phi) is 15.3. The minimum absolute atomic E-state index is 0.493. The van der Waals surface area contributed by atoms with Crippen molar-refractivity contribution in [2.75, 3.05) is 26.2 Å². The highest BCUT2D eigenvalue weighted by atomic mass is 32.3. The van der Waals surface area contributed by atoms with E-state index in [4.69, 9.17) is 0 Å². The summed E-state index contributed by atoms with van der Waals surface area (Å²) in [6.45, 7) is 15.0. The van der Waals surface area contributed by atoms with Gasteiger partial charge in [-0.25, -0.2) is 16.8 Å². The average molecular weight is 524 g/mol. The van der Waals surface area contributed by atoms with Gasteiger partial charge in [-0.15, -0.1) is 0 Å². The van der Waals surface area contributed by atoms with Crippen LogP contribution in [-0.2, 0) is 20.0 Å². The van der Waals surface area contributed by atoms with Crippen molar-refractivity contribution in [2.45, 2.75) is 90.1 Å². The summed E-state index contributed by atoms with van der Waals surface area (Å²) >= 11 is 0. The number of nitrogens with zero attached hydrogens (tertiary/aromatic N) is 1. The summed E-state index contributed by atoms with van der Waals surface area (Å²) < 4.78 is 110. The topological polar surface area (TPSA) is 80.3 Å². The normalized spacial score (nSPS) is 13.6. The van der Waals surface area contributed by atoms with Gasteiger partial charge in [0.25, 0.3) is 0 Å². The third kappa shape index (κ3) is 12.6. The number of quaternary nitrogens is 1. The Bertz CT molecular complexity index is 628. The number of sulfonamides is 2. The van der Waals surface area contributed by atoms with Crippen molar-refractivity contribution in [3.8, 4) is 0 Å². The first-order valence-corrected chi connectivity index (χ1v) is 13.7. The molecule has 0 saturated carbocycles. The molecule has 14 heteroatoms. The Hall–Kier alpha value is -0.600. The van der Waals surface area contributed by atoms with Crippen molar-refractivity contribution in [1.29, 1.82) is 0 Å². The van der Waals surface area contributed by atoms with Crippen LogP contribution in [0.2, 0.25) is 0 Å². The number of hydrogen-bond donors (Lipinski definition) is 1. The zero-order valence-electron chi connectivity index (χ0n) is 19.1. The maximum Gasteiger partial charge on any atom is 0.512 e. The van der Waals surface area contributed by atoms with Gasteiger partial charge in [-0.05, 0) is 25.7 Å². The monoisotopic (exact) mass is 523 g/mol. The molecule has 0 aliphatic carbocycles. The highest BCUT2D eigenvalue weighted by Gasteiger charge is 2.55. The summed E-state index contributed by atoms with van der Waals surface area (Å²) in [5, 5.41) is 0. The van der Waals surface area contributed by atoms with Crippen LogP contribution < -0.4 is 4.13 Å². The summed E-state index contributed by atoms with van der Waals surface area (Å²) in [6, 6.07) is 0. The van der Waals surface area contributed by atoms with E-state index in [0.29, 0.717) is 0 Å². The van der Waals surface area contributed by atoms with Crippen LogP contribution in [0.15, 0.2) is 0 Å². The van der Waals surface area contributed by atoms with Gasteiger partial charge in [-0.3, -0.25) is 0 Å². The molecular weight excluding hydrogens is 486 g/mol. The number of hydrogen-bond acceptors (Lipinski definition) is 4. The van der Waals surface area contributed by atoms with Crippen molar-refractivity contribution in [2.24, 2.45) is 0 Å². The minimum Gasteiger partial charge on any atom is -0.324 e. The fraction of sp³-hybridized carbons (Fsp3) is 1.00. The number of alkyl halides is 6. The van der Waals surface area contributed by atoms with Gasteiger partial charge in [0, 0.05) is 0 Å². The van der Waals surface area contributed by atoms with Gasteiger partial charge >= 0.3 is 31.1 Å². The number of halogens is 6. The van der Waals surface area contributed by atoms with Gasteiger partial charge in [-0.1, -0.05) is 57.5 Å². The van der Waals surface area contributed by atoms with Crippen molar-refractivity contribution in [3.05, 3.63) is 0 Å². The molecule has 0 aromatic carbocycles. The molecule has 0 saturated heterocycles. The first kappa shape index (κ1) is 33.6. The Morgan fingerprint density at radius 3 is 0.938 bits per heavy atom. The number of nitrogens with one attached hydrogen (secondary N) is 1. The molecule has 32 heavy (non-hydrogen) atoms. The molecule has 6 nitrogen and oxygen atoms in total. The van der Waals surface area contributed by atoms with Crippen LogP contribution in [0.1, 0.15) is 79.1 Å². The fourth-order valence-corrected chi connectivity index (χ4v) is 4.80. The van der Waals surface area contributed by atoms with Crippen LogP contribution in [0.3, 0.4) is 0 Å². The van der Waals surface area contributed by atoms with Gasteiger partial charge < -0.3 is 4.48 Å². The number of unbranched alkanes of at least 4 members (excludes halogenated alkanes) is 4. The molecule has 0 spiro atoms. The largest absolute Gasteiger partial charge is 0.512 e. The molecule has 0 bridgehead atoms. The van der Waals surface area contributed by atoms with E-state index in [2.05, 4.69) is 27.7 Å². The summed E-state index contributed by atoms with van der Waals surface area (Å²) in [5.74, 6) is 0. The van der Waals surface area contributed by atoms with E-state index in [-0.39, 0.29) is 0 Å². The predicted octanol–water partition coefficient (Wildman–Crippen LogP) is 5.28. The molecular formula is C18H37F6N2O4S2+. The Balaban J connectivity index is 0. The lowest BCUT2D eigenvalue weighted by molar-refractivity contribution is -0.929. The molecule has 0 aromatic heterocycles. The third-order valence-electron chi connectivity index (χ3n) is 4.77. The molecule has 1 N–H and O–H groups in total. The van der Waals surface area contributed by atoms with Crippen LogP contribution in [0.5, 0.6) is 0 Å². The highest BCUT2D eigenvalue weighted by Crippen LogP contribution is 2.27. The van der Waals surface area contributed by atoms with Crippen LogP contribution in [0, 0.1) is 0 Å². The van der Waals surface area contributed by atoms with Crippen LogP contribution in [0.4, 0.5) is 26.3 Å². The number of rotatable bonds is 14.